The summed E-state index contributed by atoms with van der Waals surface area (Å²) in [5.74, 6) is 0.643. The van der Waals surface area contributed by atoms with Crippen LogP contribution in [0.25, 0.3) is 5.65 Å². The van der Waals surface area contributed by atoms with Gasteiger partial charge in [0.2, 0.25) is 0 Å². The van der Waals surface area contributed by atoms with E-state index in [0.29, 0.717) is 23.6 Å². The average molecular weight is 292 g/mol. The van der Waals surface area contributed by atoms with E-state index in [1.807, 2.05) is 0 Å². The Kier molecular flexibility index (Phi) is 3.04. The molecule has 0 unspecified atom stereocenters. The van der Waals surface area contributed by atoms with Gasteiger partial charge in [0.25, 0.3) is 0 Å². The van der Waals surface area contributed by atoms with Crippen LogP contribution in [-0.4, -0.2) is 14.6 Å². The molecular weight excluding hydrogens is 281 g/mol. The predicted octanol–water partition coefficient (Wildman–Crippen LogP) is 2.92. The fraction of sp³-hybridized carbons (Fsp3) is 0.143. The number of nitrogens with two attached hydrogens (primary N) is 1. The molecule has 2 N–H and O–H groups in total. The number of pyridine rings is 1. The summed E-state index contributed by atoms with van der Waals surface area (Å²) in [6.45, 7) is 0. The molecule has 0 aliphatic carbocycles. The van der Waals surface area contributed by atoms with Crippen LogP contribution in [-0.2, 0) is 12.6 Å². The highest BCUT2D eigenvalue weighted by Crippen LogP contribution is 2.29. The molecule has 7 heteroatoms. The van der Waals surface area contributed by atoms with E-state index in [1.54, 1.807) is 22.7 Å². The number of halogens is 3. The van der Waals surface area contributed by atoms with Crippen LogP contribution in [0, 0.1) is 0 Å². The molecule has 3 aromatic rings. The number of nitrogen functional groups attached to an aromatic ring is 1. The van der Waals surface area contributed by atoms with Gasteiger partial charge in [0.15, 0.2) is 5.65 Å². The third kappa shape index (κ3) is 2.67. The van der Waals surface area contributed by atoms with Gasteiger partial charge in [-0.25, -0.2) is 0 Å². The first-order chi connectivity index (χ1) is 9.93. The molecule has 4 nitrogen and oxygen atoms in total. The Bertz CT molecular complexity index is 775. The average Bonchev–Trinajstić information content (AvgIpc) is 2.80. The van der Waals surface area contributed by atoms with E-state index in [1.165, 1.54) is 12.1 Å². The SMILES string of the molecule is Nc1ccn2c(Cc3ccc(C(F)(F)F)cc3)nnc2c1. The monoisotopic (exact) mass is 292 g/mol. The van der Waals surface area contributed by atoms with E-state index in [2.05, 4.69) is 10.2 Å². The smallest absolute Gasteiger partial charge is 0.399 e. The zero-order valence-electron chi connectivity index (χ0n) is 10.8. The standard InChI is InChI=1S/C14H11F3N4/c15-14(16,17)10-3-1-9(2-4-10)7-12-19-20-13-8-11(18)5-6-21(12)13/h1-6,8H,7,18H2. The van der Waals surface area contributed by atoms with Crippen LogP contribution >= 0.6 is 0 Å². The largest absolute Gasteiger partial charge is 0.416 e. The van der Waals surface area contributed by atoms with Gasteiger partial charge in [0.1, 0.15) is 5.82 Å². The summed E-state index contributed by atoms with van der Waals surface area (Å²) in [6.07, 6.45) is -2.19. The molecule has 0 saturated heterocycles. The Labute approximate surface area is 118 Å². The lowest BCUT2D eigenvalue weighted by atomic mass is 10.1. The van der Waals surface area contributed by atoms with Crippen molar-refractivity contribution in [1.29, 1.82) is 0 Å². The molecule has 0 radical (unpaired) electrons. The minimum absolute atomic E-state index is 0.392. The predicted molar refractivity (Wildman–Crippen MR) is 71.6 cm³/mol. The lowest BCUT2D eigenvalue weighted by Crippen LogP contribution is -2.05. The zero-order chi connectivity index (χ0) is 15.0. The number of alkyl halides is 3. The first kappa shape index (κ1) is 13.4. The Balaban J connectivity index is 1.88. The molecule has 0 spiro atoms. The van der Waals surface area contributed by atoms with Gasteiger partial charge in [0, 0.05) is 24.4 Å². The van der Waals surface area contributed by atoms with Gasteiger partial charge < -0.3 is 5.73 Å². The number of nitrogens with zero attached hydrogens (tertiary/aromatic N) is 3. The maximum absolute atomic E-state index is 12.5. The number of hydrogen-bond acceptors (Lipinski definition) is 3. The Morgan fingerprint density at radius 1 is 1.05 bits per heavy atom. The van der Waals surface area contributed by atoms with Crippen LogP contribution in [0.2, 0.25) is 0 Å². The molecule has 3 rings (SSSR count). The van der Waals surface area contributed by atoms with Crippen LogP contribution in [0.4, 0.5) is 18.9 Å². The topological polar surface area (TPSA) is 56.2 Å². The molecule has 0 aliphatic rings. The molecule has 108 valence electrons. The zero-order valence-corrected chi connectivity index (χ0v) is 10.8. The molecule has 0 atom stereocenters. The van der Waals surface area contributed by atoms with Crippen LogP contribution in [0.15, 0.2) is 42.6 Å². The van der Waals surface area contributed by atoms with E-state index in [9.17, 15) is 13.2 Å². The maximum Gasteiger partial charge on any atom is 0.416 e. The Morgan fingerprint density at radius 2 is 1.76 bits per heavy atom. The number of benzene rings is 1. The third-order valence-corrected chi connectivity index (χ3v) is 3.15. The summed E-state index contributed by atoms with van der Waals surface area (Å²) >= 11 is 0. The minimum atomic E-state index is -4.32. The van der Waals surface area contributed by atoms with E-state index in [-0.39, 0.29) is 0 Å². The fourth-order valence-electron chi connectivity index (χ4n) is 2.07. The lowest BCUT2D eigenvalue weighted by Gasteiger charge is -2.07. The molecule has 0 aliphatic heterocycles. The van der Waals surface area contributed by atoms with Gasteiger partial charge in [-0.2, -0.15) is 13.2 Å². The second-order valence-corrected chi connectivity index (χ2v) is 4.68. The van der Waals surface area contributed by atoms with Crippen molar-refractivity contribution in [3.05, 3.63) is 59.5 Å². The summed E-state index contributed by atoms with van der Waals surface area (Å²) in [7, 11) is 0. The lowest BCUT2D eigenvalue weighted by molar-refractivity contribution is -0.137. The highest BCUT2D eigenvalue weighted by Gasteiger charge is 2.29. The molecule has 1 aromatic carbocycles. The van der Waals surface area contributed by atoms with Crippen LogP contribution in [0.5, 0.6) is 0 Å². The number of aromatic nitrogens is 3. The van der Waals surface area contributed by atoms with Gasteiger partial charge in [0.05, 0.1) is 5.56 Å². The van der Waals surface area contributed by atoms with Crippen LogP contribution < -0.4 is 5.73 Å². The minimum Gasteiger partial charge on any atom is -0.399 e. The summed E-state index contributed by atoms with van der Waals surface area (Å²) < 4.78 is 39.3. The van der Waals surface area contributed by atoms with E-state index < -0.39 is 11.7 Å². The van der Waals surface area contributed by atoms with Crippen molar-refractivity contribution in [3.63, 3.8) is 0 Å². The summed E-state index contributed by atoms with van der Waals surface area (Å²) in [4.78, 5) is 0. The van der Waals surface area contributed by atoms with Crippen LogP contribution in [0.1, 0.15) is 17.0 Å². The first-order valence-corrected chi connectivity index (χ1v) is 6.19. The summed E-state index contributed by atoms with van der Waals surface area (Å²) in [5, 5.41) is 8.02. The highest BCUT2D eigenvalue weighted by molar-refractivity contribution is 5.51. The second-order valence-electron chi connectivity index (χ2n) is 4.68. The van der Waals surface area contributed by atoms with Gasteiger partial charge in [-0.1, -0.05) is 12.1 Å². The molecule has 0 bridgehead atoms. The third-order valence-electron chi connectivity index (χ3n) is 3.15. The molecular formula is C14H11F3N4. The molecule has 0 amide bonds. The molecule has 2 aromatic heterocycles. The summed E-state index contributed by atoms with van der Waals surface area (Å²) in [5.41, 5.74) is 6.91. The van der Waals surface area contributed by atoms with Crippen LogP contribution in [0.3, 0.4) is 0 Å². The van der Waals surface area contributed by atoms with Crippen molar-refractivity contribution in [2.45, 2.75) is 12.6 Å². The second kappa shape index (κ2) is 4.76. The number of fused-ring (bicyclic) bond motifs is 1. The summed E-state index contributed by atoms with van der Waals surface area (Å²) in [6, 6.07) is 8.42. The highest BCUT2D eigenvalue weighted by atomic mass is 19.4. The number of rotatable bonds is 2. The molecule has 21 heavy (non-hydrogen) atoms. The Morgan fingerprint density at radius 3 is 2.43 bits per heavy atom. The van der Waals surface area contributed by atoms with E-state index >= 15 is 0 Å². The van der Waals surface area contributed by atoms with Crippen molar-refractivity contribution >= 4 is 11.3 Å². The molecule has 0 fully saturated rings. The van der Waals surface area contributed by atoms with Crippen molar-refractivity contribution in [3.8, 4) is 0 Å². The molecule has 0 saturated carbocycles. The van der Waals surface area contributed by atoms with Crippen molar-refractivity contribution < 1.29 is 13.2 Å². The van der Waals surface area contributed by atoms with Crippen molar-refractivity contribution in [2.24, 2.45) is 0 Å². The number of anilines is 1. The van der Waals surface area contributed by atoms with Crippen molar-refractivity contribution in [1.82, 2.24) is 14.6 Å². The fourth-order valence-corrected chi connectivity index (χ4v) is 2.07. The van der Waals surface area contributed by atoms with E-state index in [4.69, 9.17) is 5.73 Å². The van der Waals surface area contributed by atoms with Gasteiger partial charge >= 0.3 is 6.18 Å². The van der Waals surface area contributed by atoms with Gasteiger partial charge in [-0.05, 0) is 23.8 Å². The van der Waals surface area contributed by atoms with Gasteiger partial charge in [-0.15, -0.1) is 10.2 Å². The molecule has 2 heterocycles. The van der Waals surface area contributed by atoms with E-state index in [0.717, 1.165) is 17.7 Å². The van der Waals surface area contributed by atoms with Crippen molar-refractivity contribution in [2.75, 3.05) is 5.73 Å². The Hall–Kier alpha value is -2.57. The maximum atomic E-state index is 12.5. The quantitative estimate of drug-likeness (QED) is 0.790. The number of hydrogen-bond donors (Lipinski definition) is 1. The first-order valence-electron chi connectivity index (χ1n) is 6.19. The van der Waals surface area contributed by atoms with Gasteiger partial charge in [-0.3, -0.25) is 4.40 Å². The normalized spacial score (nSPS) is 12.0.